The fourth-order valence-corrected chi connectivity index (χ4v) is 2.62. The van der Waals surface area contributed by atoms with Crippen molar-refractivity contribution in [2.45, 2.75) is 38.6 Å². The lowest BCUT2D eigenvalue weighted by atomic mass is 10.0. The molecule has 0 saturated heterocycles. The van der Waals surface area contributed by atoms with E-state index in [1.54, 1.807) is 12.1 Å². The van der Waals surface area contributed by atoms with E-state index < -0.39 is 0 Å². The van der Waals surface area contributed by atoms with Crippen LogP contribution in [0.4, 0.5) is 0 Å². The Bertz CT molecular complexity index is 380. The van der Waals surface area contributed by atoms with E-state index in [9.17, 15) is 4.79 Å². The molecule has 0 aliphatic heterocycles. The zero-order valence-electron chi connectivity index (χ0n) is 10.8. The summed E-state index contributed by atoms with van der Waals surface area (Å²) in [5.41, 5.74) is 6.97. The molecule has 0 heterocycles. The third-order valence-corrected chi connectivity index (χ3v) is 3.77. The molecule has 1 aliphatic carbocycles. The van der Waals surface area contributed by atoms with Crippen LogP contribution < -0.4 is 11.1 Å². The molecule has 1 aliphatic rings. The average Bonchev–Trinajstić information content (AvgIpc) is 2.88. The van der Waals surface area contributed by atoms with Gasteiger partial charge in [0.25, 0.3) is 0 Å². The molecular formula is C15H22N2O. The second-order valence-corrected chi connectivity index (χ2v) is 5.18. The van der Waals surface area contributed by atoms with E-state index in [2.05, 4.69) is 5.32 Å². The Morgan fingerprint density at radius 2 is 1.89 bits per heavy atom. The second-order valence-electron chi connectivity index (χ2n) is 5.18. The Morgan fingerprint density at radius 1 is 1.22 bits per heavy atom. The Balaban J connectivity index is 1.68. The summed E-state index contributed by atoms with van der Waals surface area (Å²) < 4.78 is 0. The van der Waals surface area contributed by atoms with Gasteiger partial charge in [0, 0.05) is 12.1 Å². The average molecular weight is 246 g/mol. The number of hydrogen-bond donors (Lipinski definition) is 2. The molecule has 1 aromatic carbocycles. The minimum Gasteiger partial charge on any atom is -0.366 e. The summed E-state index contributed by atoms with van der Waals surface area (Å²) in [7, 11) is 0. The van der Waals surface area contributed by atoms with Crippen molar-refractivity contribution in [3.8, 4) is 0 Å². The van der Waals surface area contributed by atoms with Gasteiger partial charge in [-0.25, -0.2) is 0 Å². The van der Waals surface area contributed by atoms with Crippen LogP contribution >= 0.6 is 0 Å². The van der Waals surface area contributed by atoms with Gasteiger partial charge in [-0.2, -0.15) is 0 Å². The summed E-state index contributed by atoms with van der Waals surface area (Å²) in [5.74, 6) is 0.575. The van der Waals surface area contributed by atoms with E-state index in [0.29, 0.717) is 5.56 Å². The van der Waals surface area contributed by atoms with Gasteiger partial charge in [0.2, 0.25) is 5.91 Å². The summed E-state index contributed by atoms with van der Waals surface area (Å²) in [4.78, 5) is 10.9. The largest absolute Gasteiger partial charge is 0.366 e. The van der Waals surface area contributed by atoms with Crippen LogP contribution in [-0.4, -0.2) is 12.5 Å². The summed E-state index contributed by atoms with van der Waals surface area (Å²) in [6.07, 6.45) is 6.95. The predicted molar refractivity (Wildman–Crippen MR) is 73.2 cm³/mol. The third kappa shape index (κ3) is 3.84. The van der Waals surface area contributed by atoms with Crippen LogP contribution in [0, 0.1) is 5.92 Å². The number of nitrogens with one attached hydrogen (secondary N) is 1. The van der Waals surface area contributed by atoms with Crippen molar-refractivity contribution >= 4 is 5.91 Å². The molecule has 1 aromatic rings. The van der Waals surface area contributed by atoms with Crippen molar-refractivity contribution < 1.29 is 4.79 Å². The molecule has 0 unspecified atom stereocenters. The van der Waals surface area contributed by atoms with Gasteiger partial charge in [-0.05, 0) is 36.6 Å². The van der Waals surface area contributed by atoms with Gasteiger partial charge in [-0.3, -0.25) is 4.79 Å². The number of amides is 1. The zero-order valence-corrected chi connectivity index (χ0v) is 10.8. The molecule has 1 amide bonds. The molecule has 18 heavy (non-hydrogen) atoms. The topological polar surface area (TPSA) is 55.1 Å². The van der Waals surface area contributed by atoms with Crippen molar-refractivity contribution in [3.05, 3.63) is 35.4 Å². The van der Waals surface area contributed by atoms with Gasteiger partial charge in [0.1, 0.15) is 0 Å². The predicted octanol–water partition coefficient (Wildman–Crippen LogP) is 2.46. The maximum absolute atomic E-state index is 10.9. The number of benzene rings is 1. The maximum Gasteiger partial charge on any atom is 0.248 e. The summed E-state index contributed by atoms with van der Waals surface area (Å²) in [6, 6.07) is 7.50. The number of carbonyl (C=O) groups is 1. The molecule has 1 saturated carbocycles. The smallest absolute Gasteiger partial charge is 0.248 e. The van der Waals surface area contributed by atoms with Crippen LogP contribution in [0.15, 0.2) is 24.3 Å². The highest BCUT2D eigenvalue weighted by Gasteiger charge is 2.13. The van der Waals surface area contributed by atoms with Crippen molar-refractivity contribution in [3.63, 3.8) is 0 Å². The highest BCUT2D eigenvalue weighted by molar-refractivity contribution is 5.92. The second kappa shape index (κ2) is 6.55. The molecule has 1 fully saturated rings. The quantitative estimate of drug-likeness (QED) is 0.758. The fraction of sp³-hybridized carbons (Fsp3) is 0.533. The van der Waals surface area contributed by atoms with Gasteiger partial charge in [-0.15, -0.1) is 0 Å². The molecule has 2 rings (SSSR count). The minimum absolute atomic E-state index is 0.365. The molecule has 0 radical (unpaired) electrons. The van der Waals surface area contributed by atoms with Crippen molar-refractivity contribution in [2.75, 3.05) is 6.54 Å². The number of rotatable bonds is 6. The first-order valence-electron chi connectivity index (χ1n) is 6.85. The Hall–Kier alpha value is -1.35. The molecule has 3 nitrogen and oxygen atoms in total. The number of hydrogen-bond acceptors (Lipinski definition) is 2. The van der Waals surface area contributed by atoms with Crippen LogP contribution in [0.5, 0.6) is 0 Å². The van der Waals surface area contributed by atoms with Crippen LogP contribution in [0.1, 0.15) is 48.0 Å². The molecule has 98 valence electrons. The lowest BCUT2D eigenvalue weighted by Crippen LogP contribution is -2.17. The Kier molecular flexibility index (Phi) is 4.76. The standard InChI is InChI=1S/C15H22N2O/c16-15(18)14-7-5-13(6-8-14)11-17-10-9-12-3-1-2-4-12/h5-8,12,17H,1-4,9-11H2,(H2,16,18). The van der Waals surface area contributed by atoms with Crippen molar-refractivity contribution in [1.29, 1.82) is 0 Å². The first-order valence-corrected chi connectivity index (χ1v) is 6.85. The normalized spacial score (nSPS) is 16.0. The van der Waals surface area contributed by atoms with E-state index in [4.69, 9.17) is 5.73 Å². The van der Waals surface area contributed by atoms with E-state index in [1.165, 1.54) is 37.7 Å². The minimum atomic E-state index is -0.365. The Labute approximate surface area is 109 Å². The summed E-state index contributed by atoms with van der Waals surface area (Å²) in [6.45, 7) is 1.95. The van der Waals surface area contributed by atoms with E-state index in [1.807, 2.05) is 12.1 Å². The molecule has 0 aromatic heterocycles. The van der Waals surface area contributed by atoms with Crippen LogP contribution in [0.25, 0.3) is 0 Å². The molecule has 3 heteroatoms. The van der Waals surface area contributed by atoms with Crippen LogP contribution in [0.2, 0.25) is 0 Å². The third-order valence-electron chi connectivity index (χ3n) is 3.77. The molecule has 0 atom stereocenters. The SMILES string of the molecule is NC(=O)c1ccc(CNCCC2CCCC2)cc1. The van der Waals surface area contributed by atoms with Gasteiger partial charge in [0.05, 0.1) is 0 Å². The van der Waals surface area contributed by atoms with Crippen LogP contribution in [-0.2, 0) is 6.54 Å². The number of nitrogens with two attached hydrogens (primary N) is 1. The number of carbonyl (C=O) groups excluding carboxylic acids is 1. The maximum atomic E-state index is 10.9. The van der Waals surface area contributed by atoms with Gasteiger partial charge in [-0.1, -0.05) is 37.8 Å². The molecule has 0 spiro atoms. The lowest BCUT2D eigenvalue weighted by Gasteiger charge is -2.09. The van der Waals surface area contributed by atoms with Crippen LogP contribution in [0.3, 0.4) is 0 Å². The van der Waals surface area contributed by atoms with Gasteiger partial charge < -0.3 is 11.1 Å². The summed E-state index contributed by atoms with van der Waals surface area (Å²) >= 11 is 0. The fourth-order valence-electron chi connectivity index (χ4n) is 2.62. The van der Waals surface area contributed by atoms with Crippen molar-refractivity contribution in [1.82, 2.24) is 5.32 Å². The van der Waals surface area contributed by atoms with Crippen molar-refractivity contribution in [2.24, 2.45) is 11.7 Å². The highest BCUT2D eigenvalue weighted by atomic mass is 16.1. The van der Waals surface area contributed by atoms with E-state index in [-0.39, 0.29) is 5.91 Å². The summed E-state index contributed by atoms with van der Waals surface area (Å²) in [5, 5.41) is 3.46. The van der Waals surface area contributed by atoms with E-state index >= 15 is 0 Å². The zero-order chi connectivity index (χ0) is 12.8. The molecular weight excluding hydrogens is 224 g/mol. The molecule has 0 bridgehead atoms. The first kappa shape index (κ1) is 13.1. The highest BCUT2D eigenvalue weighted by Crippen LogP contribution is 2.26. The number of primary amides is 1. The van der Waals surface area contributed by atoms with Gasteiger partial charge in [0.15, 0.2) is 0 Å². The van der Waals surface area contributed by atoms with Gasteiger partial charge >= 0.3 is 0 Å². The monoisotopic (exact) mass is 246 g/mol. The molecule has 3 N–H and O–H groups in total. The lowest BCUT2D eigenvalue weighted by molar-refractivity contribution is 0.100. The first-order chi connectivity index (χ1) is 8.75. The van der Waals surface area contributed by atoms with E-state index in [0.717, 1.165) is 19.0 Å². The Morgan fingerprint density at radius 3 is 2.50 bits per heavy atom.